The molecule has 53 heavy (non-hydrogen) atoms. The van der Waals surface area contributed by atoms with Crippen molar-refractivity contribution in [2.24, 2.45) is 0 Å². The first-order chi connectivity index (χ1) is 25.3. The number of aryl methyl sites for hydroxylation is 1. The van der Waals surface area contributed by atoms with Gasteiger partial charge in [-0.25, -0.2) is 27.2 Å². The number of fused-ring (bicyclic) bond motifs is 2. The molecule has 2 aromatic carbocycles. The van der Waals surface area contributed by atoms with Gasteiger partial charge in [-0.15, -0.1) is 0 Å². The Balaban J connectivity index is 1.26. The van der Waals surface area contributed by atoms with Gasteiger partial charge in [0.1, 0.15) is 22.9 Å². The van der Waals surface area contributed by atoms with Crippen LogP contribution in [0.25, 0.3) is 22.2 Å². The molecule has 3 aromatic heterocycles. The molecule has 13 heteroatoms. The van der Waals surface area contributed by atoms with Gasteiger partial charge in [0.25, 0.3) is 10.0 Å². The fourth-order valence-electron chi connectivity index (χ4n) is 6.78. The average Bonchev–Trinajstić information content (AvgIpc) is 3.53. The Bertz CT molecular complexity index is 2270. The highest BCUT2D eigenvalue weighted by Gasteiger charge is 2.28. The lowest BCUT2D eigenvalue weighted by molar-refractivity contribution is -0.117. The van der Waals surface area contributed by atoms with Crippen LogP contribution >= 0.6 is 0 Å². The topological polar surface area (TPSA) is 136 Å². The molecule has 1 N–H and O–H groups in total. The van der Waals surface area contributed by atoms with Gasteiger partial charge < -0.3 is 19.7 Å². The van der Waals surface area contributed by atoms with E-state index in [1.165, 1.54) is 16.6 Å². The summed E-state index contributed by atoms with van der Waals surface area (Å²) in [6, 6.07) is 17.6. The standard InChI is InChI=1S/C40H44N6O6S/c1-27-8-12-32(13-9-27)53(49,50)46-25-33(29-14-17-41-35(23-29)43-36(47)26-44-19-6-5-7-20-44)37-34(15-18-42-38(37)46)51-31-11-10-28-16-21-45(24-30(28)22-31)39(48)52-40(2,3)4/h8-15,17-18,22-23,25H,5-7,16,19-21,24,26H2,1-4H3,(H,41,43,47). The van der Waals surface area contributed by atoms with Gasteiger partial charge in [0.05, 0.1) is 16.8 Å². The minimum Gasteiger partial charge on any atom is -0.457 e. The first-order valence-corrected chi connectivity index (χ1v) is 19.4. The second-order valence-corrected chi connectivity index (χ2v) is 16.5. The molecule has 1 fully saturated rings. The Morgan fingerprint density at radius 3 is 2.40 bits per heavy atom. The van der Waals surface area contributed by atoms with Crippen LogP contribution in [-0.4, -0.2) is 75.9 Å². The van der Waals surface area contributed by atoms with E-state index in [4.69, 9.17) is 9.47 Å². The van der Waals surface area contributed by atoms with E-state index in [1.54, 1.807) is 59.8 Å². The van der Waals surface area contributed by atoms with E-state index in [0.29, 0.717) is 53.3 Å². The monoisotopic (exact) mass is 736 g/mol. The molecule has 1 saturated heterocycles. The summed E-state index contributed by atoms with van der Waals surface area (Å²) in [5.74, 6) is 1.09. The van der Waals surface area contributed by atoms with Crippen LogP contribution in [0.15, 0.2) is 84.1 Å². The third-order valence-electron chi connectivity index (χ3n) is 9.42. The number of carbonyl (C=O) groups is 2. The molecule has 0 spiro atoms. The molecule has 0 radical (unpaired) electrons. The highest BCUT2D eigenvalue weighted by molar-refractivity contribution is 7.90. The summed E-state index contributed by atoms with van der Waals surface area (Å²) in [6.07, 6.45) is 8.28. The van der Waals surface area contributed by atoms with E-state index in [-0.39, 0.29) is 29.1 Å². The zero-order valence-corrected chi connectivity index (χ0v) is 31.3. The number of benzene rings is 2. The molecule has 2 aliphatic heterocycles. The Labute approximate surface area is 309 Å². The molecule has 0 unspecified atom stereocenters. The number of hydrogen-bond donors (Lipinski definition) is 1. The van der Waals surface area contributed by atoms with Gasteiger partial charge in [-0.05, 0) is 119 Å². The molecule has 2 aliphatic rings. The first-order valence-electron chi connectivity index (χ1n) is 17.9. The largest absolute Gasteiger partial charge is 0.457 e. The van der Waals surface area contributed by atoms with Crippen LogP contribution in [0.5, 0.6) is 11.5 Å². The summed E-state index contributed by atoms with van der Waals surface area (Å²) < 4.78 is 41.7. The molecule has 0 atom stereocenters. The van der Waals surface area contributed by atoms with Crippen molar-refractivity contribution < 1.29 is 27.5 Å². The lowest BCUT2D eigenvalue weighted by Crippen LogP contribution is -2.39. The van der Waals surface area contributed by atoms with Crippen LogP contribution in [0.1, 0.15) is 56.7 Å². The van der Waals surface area contributed by atoms with E-state index >= 15 is 0 Å². The highest BCUT2D eigenvalue weighted by atomic mass is 32.2. The molecule has 0 saturated carbocycles. The summed E-state index contributed by atoms with van der Waals surface area (Å²) in [5.41, 5.74) is 3.70. The third kappa shape index (κ3) is 8.06. The number of likely N-dealkylation sites (tertiary alicyclic amines) is 1. The number of ether oxygens (including phenoxy) is 2. The van der Waals surface area contributed by atoms with Crippen molar-refractivity contribution in [3.63, 3.8) is 0 Å². The van der Waals surface area contributed by atoms with Crippen molar-refractivity contribution in [2.75, 3.05) is 31.5 Å². The minimum absolute atomic E-state index is 0.115. The van der Waals surface area contributed by atoms with E-state index in [9.17, 15) is 18.0 Å². The van der Waals surface area contributed by atoms with Gasteiger partial charge in [0.2, 0.25) is 5.91 Å². The maximum atomic E-state index is 14.2. The van der Waals surface area contributed by atoms with Crippen molar-refractivity contribution in [3.8, 4) is 22.6 Å². The summed E-state index contributed by atoms with van der Waals surface area (Å²) in [7, 11) is -4.09. The van der Waals surface area contributed by atoms with Crippen LogP contribution in [0.2, 0.25) is 0 Å². The normalized spacial score (nSPS) is 15.2. The number of carbonyl (C=O) groups excluding carboxylic acids is 2. The zero-order chi connectivity index (χ0) is 37.3. The summed E-state index contributed by atoms with van der Waals surface area (Å²) in [6.45, 7) is 10.4. The van der Waals surface area contributed by atoms with Crippen molar-refractivity contribution in [2.45, 2.75) is 70.4 Å². The summed E-state index contributed by atoms with van der Waals surface area (Å²) >= 11 is 0. The minimum atomic E-state index is -4.09. The van der Waals surface area contributed by atoms with E-state index in [0.717, 1.165) is 42.6 Å². The average molecular weight is 737 g/mol. The fraction of sp³-hybridized carbons (Fsp3) is 0.350. The molecule has 0 aliphatic carbocycles. The number of hydrogen-bond acceptors (Lipinski definition) is 9. The van der Waals surface area contributed by atoms with Crippen molar-refractivity contribution >= 4 is 38.9 Å². The maximum Gasteiger partial charge on any atom is 0.410 e. The quantitative estimate of drug-likeness (QED) is 0.176. The molecule has 2 amide bonds. The third-order valence-corrected chi connectivity index (χ3v) is 11.1. The molecule has 5 heterocycles. The lowest BCUT2D eigenvalue weighted by atomic mass is 10.00. The Kier molecular flexibility index (Phi) is 9.97. The SMILES string of the molecule is Cc1ccc(S(=O)(=O)n2cc(-c3ccnc(NC(=O)CN4CCCCC4)c3)c3c(Oc4ccc5c(c4)CN(C(=O)OC(C)(C)C)CC5)ccnc32)cc1. The molecule has 276 valence electrons. The van der Waals surface area contributed by atoms with Crippen molar-refractivity contribution in [3.05, 3.63) is 95.9 Å². The van der Waals surface area contributed by atoms with Gasteiger partial charge in [0.15, 0.2) is 5.65 Å². The first kappa shape index (κ1) is 36.1. The molecule has 0 bridgehead atoms. The van der Waals surface area contributed by atoms with Crippen LogP contribution in [0, 0.1) is 6.92 Å². The Hall–Kier alpha value is -5.27. The van der Waals surface area contributed by atoms with Crippen LogP contribution < -0.4 is 10.1 Å². The van der Waals surface area contributed by atoms with E-state index in [2.05, 4.69) is 20.2 Å². The smallest absolute Gasteiger partial charge is 0.410 e. The molecular weight excluding hydrogens is 693 g/mol. The maximum absolute atomic E-state index is 14.2. The van der Waals surface area contributed by atoms with Gasteiger partial charge >= 0.3 is 6.09 Å². The molecular formula is C40H44N6O6S. The number of amides is 2. The molecule has 5 aromatic rings. The van der Waals surface area contributed by atoms with Crippen LogP contribution in [0.3, 0.4) is 0 Å². The zero-order valence-electron chi connectivity index (χ0n) is 30.5. The number of nitrogens with one attached hydrogen (secondary N) is 1. The van der Waals surface area contributed by atoms with E-state index in [1.807, 2.05) is 45.9 Å². The number of anilines is 1. The summed E-state index contributed by atoms with van der Waals surface area (Å²) in [5, 5.41) is 3.39. The van der Waals surface area contributed by atoms with Crippen LogP contribution in [0.4, 0.5) is 10.6 Å². The molecule has 12 nitrogen and oxygen atoms in total. The second-order valence-electron chi connectivity index (χ2n) is 14.7. The number of pyridine rings is 2. The summed E-state index contributed by atoms with van der Waals surface area (Å²) in [4.78, 5) is 38.8. The van der Waals surface area contributed by atoms with Gasteiger partial charge in [-0.2, -0.15) is 0 Å². The Morgan fingerprint density at radius 1 is 0.887 bits per heavy atom. The predicted molar refractivity (Wildman–Crippen MR) is 203 cm³/mol. The van der Waals surface area contributed by atoms with Crippen molar-refractivity contribution in [1.82, 2.24) is 23.7 Å². The number of rotatable bonds is 8. The highest BCUT2D eigenvalue weighted by Crippen LogP contribution is 2.40. The number of nitrogens with zero attached hydrogens (tertiary/aromatic N) is 5. The van der Waals surface area contributed by atoms with Gasteiger partial charge in [-0.3, -0.25) is 9.69 Å². The second kappa shape index (κ2) is 14.6. The van der Waals surface area contributed by atoms with Crippen molar-refractivity contribution in [1.29, 1.82) is 0 Å². The number of piperidine rings is 1. The fourth-order valence-corrected chi connectivity index (χ4v) is 8.10. The lowest BCUT2D eigenvalue weighted by Gasteiger charge is -2.31. The van der Waals surface area contributed by atoms with E-state index < -0.39 is 15.6 Å². The predicted octanol–water partition coefficient (Wildman–Crippen LogP) is 7.15. The van der Waals surface area contributed by atoms with Crippen LogP contribution in [-0.2, 0) is 32.5 Å². The molecule has 7 rings (SSSR count). The Morgan fingerprint density at radius 2 is 1.64 bits per heavy atom. The van der Waals surface area contributed by atoms with Gasteiger partial charge in [0, 0.05) is 37.2 Å². The van der Waals surface area contributed by atoms with Gasteiger partial charge in [-0.1, -0.05) is 30.2 Å². The number of aromatic nitrogens is 3.